The number of carbonyl (C=O) groups excluding carboxylic acids is 1. The van der Waals surface area contributed by atoms with E-state index in [-0.39, 0.29) is 11.9 Å². The van der Waals surface area contributed by atoms with Crippen LogP contribution in [0.2, 0.25) is 0 Å². The largest absolute Gasteiger partial charge is 0.348 e. The van der Waals surface area contributed by atoms with Gasteiger partial charge in [-0.25, -0.2) is 8.42 Å². The molecule has 1 aliphatic carbocycles. The van der Waals surface area contributed by atoms with Crippen LogP contribution in [-0.4, -0.2) is 26.6 Å². The summed E-state index contributed by atoms with van der Waals surface area (Å²) >= 11 is 0. The normalized spacial score (nSPS) is 15.6. The number of aryl methyl sites for hydroxylation is 3. The molecule has 3 rings (SSSR count). The smallest absolute Gasteiger partial charge is 0.244 e. The number of benzene rings is 2. The summed E-state index contributed by atoms with van der Waals surface area (Å²) in [5, 5.41) is 2.98. The van der Waals surface area contributed by atoms with Gasteiger partial charge in [0.2, 0.25) is 15.9 Å². The Morgan fingerprint density at radius 1 is 1.07 bits per heavy atom. The number of rotatable bonds is 6. The molecule has 0 fully saturated rings. The van der Waals surface area contributed by atoms with E-state index in [0.29, 0.717) is 5.69 Å². The first-order chi connectivity index (χ1) is 13.2. The maximum atomic E-state index is 12.9. The second-order valence-corrected chi connectivity index (χ2v) is 9.55. The molecule has 0 heterocycles. The molecule has 28 heavy (non-hydrogen) atoms. The van der Waals surface area contributed by atoms with Crippen molar-refractivity contribution < 1.29 is 13.2 Å². The average molecular weight is 401 g/mol. The van der Waals surface area contributed by atoms with Crippen molar-refractivity contribution in [1.29, 1.82) is 0 Å². The maximum absolute atomic E-state index is 12.9. The lowest BCUT2D eigenvalue weighted by Gasteiger charge is -2.29. The summed E-state index contributed by atoms with van der Waals surface area (Å²) in [5.74, 6) is -0.320. The molecule has 0 spiro atoms. The lowest BCUT2D eigenvalue weighted by atomic mass is 10.0. The van der Waals surface area contributed by atoms with Gasteiger partial charge in [-0.15, -0.1) is 0 Å². The molecule has 2 aromatic carbocycles. The van der Waals surface area contributed by atoms with E-state index in [2.05, 4.69) is 23.5 Å². The Balaban J connectivity index is 1.79. The zero-order valence-corrected chi connectivity index (χ0v) is 17.7. The number of sulfonamides is 1. The van der Waals surface area contributed by atoms with Crippen LogP contribution in [-0.2, 0) is 27.7 Å². The van der Waals surface area contributed by atoms with E-state index in [1.807, 2.05) is 19.9 Å². The first-order valence-corrected chi connectivity index (χ1v) is 11.5. The summed E-state index contributed by atoms with van der Waals surface area (Å²) in [6.45, 7) is 5.44. The van der Waals surface area contributed by atoms with Crippen LogP contribution in [0.1, 0.15) is 48.6 Å². The molecule has 0 bridgehead atoms. The Morgan fingerprint density at radius 2 is 1.79 bits per heavy atom. The number of hydrogen-bond donors (Lipinski definition) is 1. The Labute approximate surface area is 167 Å². The van der Waals surface area contributed by atoms with Gasteiger partial charge in [0, 0.05) is 0 Å². The zero-order valence-electron chi connectivity index (χ0n) is 16.9. The van der Waals surface area contributed by atoms with E-state index in [1.54, 1.807) is 25.1 Å². The van der Waals surface area contributed by atoms with Crippen molar-refractivity contribution in [3.8, 4) is 0 Å². The standard InChI is InChI=1S/C22H28N2O3S/c1-15-7-5-10-21(13-15)24(28(4,26)27)17(3)22(25)23-16(2)19-12-11-18-8-6-9-20(18)14-19/h5,7,10-14,16-17H,6,8-9H2,1-4H3,(H,23,25)/t16-,17-/m0/s1. The summed E-state index contributed by atoms with van der Waals surface area (Å²) < 4.78 is 26.0. The van der Waals surface area contributed by atoms with Crippen molar-refractivity contribution in [1.82, 2.24) is 5.32 Å². The van der Waals surface area contributed by atoms with Crippen molar-refractivity contribution in [2.45, 2.75) is 52.1 Å². The molecule has 6 heteroatoms. The van der Waals surface area contributed by atoms with Gasteiger partial charge in [0.05, 0.1) is 18.0 Å². The molecule has 1 N–H and O–H groups in total. The van der Waals surface area contributed by atoms with Crippen molar-refractivity contribution in [2.24, 2.45) is 0 Å². The first kappa shape index (κ1) is 20.4. The molecule has 150 valence electrons. The average Bonchev–Trinajstić information content (AvgIpc) is 3.08. The number of nitrogens with one attached hydrogen (secondary N) is 1. The van der Waals surface area contributed by atoms with Gasteiger partial charge >= 0.3 is 0 Å². The second kappa shape index (κ2) is 7.95. The minimum Gasteiger partial charge on any atom is -0.348 e. The highest BCUT2D eigenvalue weighted by Gasteiger charge is 2.30. The third kappa shape index (κ3) is 4.38. The Hall–Kier alpha value is -2.34. The lowest BCUT2D eigenvalue weighted by molar-refractivity contribution is -0.122. The molecule has 0 aromatic heterocycles. The van der Waals surface area contributed by atoms with Crippen LogP contribution in [0, 0.1) is 6.92 Å². The van der Waals surface area contributed by atoms with Gasteiger partial charge in [-0.3, -0.25) is 9.10 Å². The van der Waals surface area contributed by atoms with Gasteiger partial charge in [-0.1, -0.05) is 30.3 Å². The highest BCUT2D eigenvalue weighted by molar-refractivity contribution is 7.92. The fourth-order valence-corrected chi connectivity index (χ4v) is 5.02. The number of amides is 1. The van der Waals surface area contributed by atoms with Crippen LogP contribution in [0.25, 0.3) is 0 Å². The molecule has 0 saturated carbocycles. The monoisotopic (exact) mass is 400 g/mol. The summed E-state index contributed by atoms with van der Waals surface area (Å²) in [6.07, 6.45) is 4.50. The maximum Gasteiger partial charge on any atom is 0.244 e. The molecule has 1 aliphatic rings. The van der Waals surface area contributed by atoms with E-state index < -0.39 is 16.1 Å². The van der Waals surface area contributed by atoms with Gasteiger partial charge in [0.25, 0.3) is 0 Å². The van der Waals surface area contributed by atoms with Crippen LogP contribution >= 0.6 is 0 Å². The molecule has 1 amide bonds. The summed E-state index contributed by atoms with van der Waals surface area (Å²) in [4.78, 5) is 12.9. The number of hydrogen-bond acceptors (Lipinski definition) is 3. The predicted octanol–water partition coefficient (Wildman–Crippen LogP) is 3.52. The molecule has 0 radical (unpaired) electrons. The third-order valence-corrected chi connectivity index (χ3v) is 6.57. The SMILES string of the molecule is Cc1cccc(N([C@@H](C)C(=O)N[C@@H](C)c2ccc3c(c2)CCC3)S(C)(=O)=O)c1. The number of anilines is 1. The van der Waals surface area contributed by atoms with Crippen LogP contribution in [0.4, 0.5) is 5.69 Å². The minimum absolute atomic E-state index is 0.195. The van der Waals surface area contributed by atoms with E-state index in [4.69, 9.17) is 0 Å². The van der Waals surface area contributed by atoms with Crippen molar-refractivity contribution >= 4 is 21.6 Å². The van der Waals surface area contributed by atoms with Gasteiger partial charge in [0.15, 0.2) is 0 Å². The van der Waals surface area contributed by atoms with Gasteiger partial charge in [-0.2, -0.15) is 0 Å². The highest BCUT2D eigenvalue weighted by Crippen LogP contribution is 2.26. The molecular formula is C22H28N2O3S. The minimum atomic E-state index is -3.61. The van der Waals surface area contributed by atoms with E-state index in [0.717, 1.165) is 30.2 Å². The summed E-state index contributed by atoms with van der Waals surface area (Å²) in [5.41, 5.74) is 5.21. The fourth-order valence-electron chi connectivity index (χ4n) is 3.85. The van der Waals surface area contributed by atoms with E-state index >= 15 is 0 Å². The molecule has 0 unspecified atom stereocenters. The summed E-state index contributed by atoms with van der Waals surface area (Å²) in [7, 11) is -3.61. The van der Waals surface area contributed by atoms with Crippen LogP contribution in [0.5, 0.6) is 0 Å². The number of carbonyl (C=O) groups is 1. The van der Waals surface area contributed by atoms with Crippen LogP contribution in [0.15, 0.2) is 42.5 Å². The molecule has 2 aromatic rings. The number of nitrogens with zero attached hydrogens (tertiary/aromatic N) is 1. The van der Waals surface area contributed by atoms with Gasteiger partial charge in [-0.05, 0) is 74.4 Å². The second-order valence-electron chi connectivity index (χ2n) is 7.69. The van der Waals surface area contributed by atoms with Gasteiger partial charge in [0.1, 0.15) is 6.04 Å². The summed E-state index contributed by atoms with van der Waals surface area (Å²) in [6, 6.07) is 12.5. The molecule has 5 nitrogen and oxygen atoms in total. The van der Waals surface area contributed by atoms with Crippen molar-refractivity contribution in [3.05, 3.63) is 64.7 Å². The Bertz CT molecular complexity index is 985. The first-order valence-electron chi connectivity index (χ1n) is 9.65. The van der Waals surface area contributed by atoms with Crippen molar-refractivity contribution in [3.63, 3.8) is 0 Å². The fraction of sp³-hybridized carbons (Fsp3) is 0.409. The zero-order chi connectivity index (χ0) is 20.5. The Kier molecular flexibility index (Phi) is 5.79. The topological polar surface area (TPSA) is 66.5 Å². The quantitative estimate of drug-likeness (QED) is 0.807. The van der Waals surface area contributed by atoms with E-state index in [1.165, 1.54) is 21.9 Å². The molecule has 0 saturated heterocycles. The Morgan fingerprint density at radius 3 is 2.46 bits per heavy atom. The van der Waals surface area contributed by atoms with Crippen molar-refractivity contribution in [2.75, 3.05) is 10.6 Å². The van der Waals surface area contributed by atoms with Crippen LogP contribution in [0.3, 0.4) is 0 Å². The third-order valence-electron chi connectivity index (χ3n) is 5.33. The highest BCUT2D eigenvalue weighted by atomic mass is 32.2. The lowest BCUT2D eigenvalue weighted by Crippen LogP contribution is -2.48. The molecule has 0 aliphatic heterocycles. The van der Waals surface area contributed by atoms with E-state index in [9.17, 15) is 13.2 Å². The molecule has 2 atom stereocenters. The van der Waals surface area contributed by atoms with Gasteiger partial charge < -0.3 is 5.32 Å². The molecular weight excluding hydrogens is 372 g/mol. The van der Waals surface area contributed by atoms with Crippen LogP contribution < -0.4 is 9.62 Å². The number of fused-ring (bicyclic) bond motifs is 1. The predicted molar refractivity (Wildman–Crippen MR) is 113 cm³/mol.